The van der Waals surface area contributed by atoms with Gasteiger partial charge in [-0.15, -0.1) is 0 Å². The van der Waals surface area contributed by atoms with Crippen molar-refractivity contribution in [3.8, 4) is 0 Å². The van der Waals surface area contributed by atoms with Crippen molar-refractivity contribution >= 4 is 39.6 Å². The van der Waals surface area contributed by atoms with Crippen LogP contribution < -0.4 is 5.32 Å². The van der Waals surface area contributed by atoms with Gasteiger partial charge in [-0.2, -0.15) is 0 Å². The Balaban J connectivity index is 2.17. The maximum absolute atomic E-state index is 12.7. The van der Waals surface area contributed by atoms with Crippen molar-refractivity contribution in [2.45, 2.75) is 31.0 Å². The highest BCUT2D eigenvalue weighted by Gasteiger charge is 2.24. The predicted octanol–water partition coefficient (Wildman–Crippen LogP) is 3.26. The van der Waals surface area contributed by atoms with E-state index in [-0.39, 0.29) is 5.69 Å². The van der Waals surface area contributed by atoms with Gasteiger partial charge in [0, 0.05) is 18.4 Å². The number of amides is 1. The van der Waals surface area contributed by atoms with Crippen molar-refractivity contribution in [1.29, 1.82) is 0 Å². The number of aromatic nitrogens is 2. The molecule has 0 saturated heterocycles. The van der Waals surface area contributed by atoms with Crippen molar-refractivity contribution in [2.75, 3.05) is 12.9 Å². The summed E-state index contributed by atoms with van der Waals surface area (Å²) in [5, 5.41) is 3.24. The van der Waals surface area contributed by atoms with Gasteiger partial charge in [0.05, 0.1) is 11.6 Å². The summed E-state index contributed by atoms with van der Waals surface area (Å²) in [6, 6.07) is 8.63. The molecule has 0 aliphatic heterocycles. The molecule has 1 heterocycles. The van der Waals surface area contributed by atoms with Gasteiger partial charge in [0.15, 0.2) is 5.16 Å². The van der Waals surface area contributed by atoms with E-state index >= 15 is 0 Å². The van der Waals surface area contributed by atoms with E-state index in [1.165, 1.54) is 18.9 Å². The fourth-order valence-corrected chi connectivity index (χ4v) is 3.23. The fraction of sp³-hybridized carbons (Fsp3) is 0.333. The van der Waals surface area contributed by atoms with Crippen LogP contribution in [0.4, 0.5) is 0 Å². The number of esters is 1. The minimum atomic E-state index is -0.802. The van der Waals surface area contributed by atoms with Crippen molar-refractivity contribution in [3.05, 3.63) is 52.3 Å². The van der Waals surface area contributed by atoms with Crippen LogP contribution in [0, 0.1) is 0 Å². The van der Waals surface area contributed by atoms with Gasteiger partial charge in [-0.05, 0) is 27.9 Å². The van der Waals surface area contributed by atoms with Gasteiger partial charge in [-0.3, -0.25) is 4.79 Å². The highest BCUT2D eigenvalue weighted by Crippen LogP contribution is 2.19. The first-order chi connectivity index (χ1) is 12.5. The Kier molecular flexibility index (Phi) is 8.06. The number of benzene rings is 1. The molecular formula is C18H20BrN3O3S. The number of hydrogen-bond acceptors (Lipinski definition) is 6. The van der Waals surface area contributed by atoms with E-state index in [9.17, 15) is 9.59 Å². The van der Waals surface area contributed by atoms with Gasteiger partial charge >= 0.3 is 5.97 Å². The topological polar surface area (TPSA) is 81.2 Å². The second-order valence-corrected chi connectivity index (χ2v) is 7.35. The van der Waals surface area contributed by atoms with Crippen molar-refractivity contribution < 1.29 is 14.3 Å². The molecule has 1 amide bonds. The highest BCUT2D eigenvalue weighted by atomic mass is 79.9. The zero-order valence-electron chi connectivity index (χ0n) is 14.6. The molecule has 0 fully saturated rings. The van der Waals surface area contributed by atoms with Crippen LogP contribution in [0.1, 0.15) is 29.4 Å². The maximum Gasteiger partial charge on any atom is 0.328 e. The lowest BCUT2D eigenvalue weighted by Crippen LogP contribution is -2.43. The lowest BCUT2D eigenvalue weighted by atomic mass is 10.1. The number of ether oxygens (including phenoxy) is 1. The third-order valence-corrected chi connectivity index (χ3v) is 5.09. The molecule has 8 heteroatoms. The van der Waals surface area contributed by atoms with Crippen LogP contribution in [-0.2, 0) is 16.0 Å². The number of carbonyl (C=O) groups excluding carboxylic acids is 2. The number of hydrogen-bond donors (Lipinski definition) is 1. The van der Waals surface area contributed by atoms with Gasteiger partial charge in [-0.1, -0.05) is 49.0 Å². The van der Waals surface area contributed by atoms with Crippen molar-refractivity contribution in [2.24, 2.45) is 0 Å². The fourth-order valence-electron chi connectivity index (χ4n) is 2.19. The summed E-state index contributed by atoms with van der Waals surface area (Å²) < 4.78 is 5.30. The molecule has 2 rings (SSSR count). The molecule has 138 valence electrons. The van der Waals surface area contributed by atoms with E-state index < -0.39 is 17.9 Å². The van der Waals surface area contributed by atoms with Crippen LogP contribution in [0.3, 0.4) is 0 Å². The average Bonchev–Trinajstić information content (AvgIpc) is 2.66. The molecule has 0 radical (unpaired) electrons. The second kappa shape index (κ2) is 10.3. The quantitative estimate of drug-likeness (QED) is 0.387. The van der Waals surface area contributed by atoms with Crippen LogP contribution in [0.15, 0.2) is 46.2 Å². The monoisotopic (exact) mass is 437 g/mol. The molecule has 26 heavy (non-hydrogen) atoms. The zero-order valence-corrected chi connectivity index (χ0v) is 17.0. The molecule has 1 atom stereocenters. The van der Waals surface area contributed by atoms with Gasteiger partial charge < -0.3 is 10.1 Å². The number of rotatable bonds is 8. The lowest BCUT2D eigenvalue weighted by molar-refractivity contribution is -0.142. The van der Waals surface area contributed by atoms with Crippen LogP contribution in [0.5, 0.6) is 0 Å². The molecule has 6 nitrogen and oxygen atoms in total. The first kappa shape index (κ1) is 20.4. The summed E-state index contributed by atoms with van der Waals surface area (Å²) in [5.41, 5.74) is 1.12. The van der Waals surface area contributed by atoms with E-state index in [0.717, 1.165) is 17.7 Å². The van der Waals surface area contributed by atoms with E-state index in [0.29, 0.717) is 16.0 Å². The molecule has 0 bridgehead atoms. The summed E-state index contributed by atoms with van der Waals surface area (Å²) >= 11 is 4.78. The third-order valence-electron chi connectivity index (χ3n) is 3.45. The average molecular weight is 438 g/mol. The lowest BCUT2D eigenvalue weighted by Gasteiger charge is -2.17. The Morgan fingerprint density at radius 1 is 1.31 bits per heavy atom. The molecule has 2 aromatic rings. The summed E-state index contributed by atoms with van der Waals surface area (Å²) in [5.74, 6) is -0.0986. The van der Waals surface area contributed by atoms with E-state index in [2.05, 4.69) is 38.1 Å². The molecule has 0 spiro atoms. The third kappa shape index (κ3) is 5.81. The summed E-state index contributed by atoms with van der Waals surface area (Å²) in [7, 11) is 1.30. The van der Waals surface area contributed by atoms with Crippen LogP contribution in [0.2, 0.25) is 0 Å². The molecule has 1 aromatic carbocycles. The maximum atomic E-state index is 12.7. The zero-order chi connectivity index (χ0) is 18.9. The number of nitrogens with zero attached hydrogens (tertiary/aromatic N) is 2. The highest BCUT2D eigenvalue weighted by molar-refractivity contribution is 9.10. The summed E-state index contributed by atoms with van der Waals surface area (Å²) in [6.07, 6.45) is 2.86. The van der Waals surface area contributed by atoms with Gasteiger partial charge in [0.2, 0.25) is 0 Å². The van der Waals surface area contributed by atoms with E-state index in [1.54, 1.807) is 6.20 Å². The first-order valence-corrected chi connectivity index (χ1v) is 9.91. The minimum absolute atomic E-state index is 0.195. The van der Waals surface area contributed by atoms with Gasteiger partial charge in [0.1, 0.15) is 11.7 Å². The normalized spacial score (nSPS) is 11.7. The van der Waals surface area contributed by atoms with Gasteiger partial charge in [-0.25, -0.2) is 14.8 Å². The number of halogens is 1. The minimum Gasteiger partial charge on any atom is -0.467 e. The number of methoxy groups -OCH3 is 1. The van der Waals surface area contributed by atoms with E-state index in [4.69, 9.17) is 4.74 Å². The second-order valence-electron chi connectivity index (χ2n) is 5.44. The molecule has 0 aliphatic carbocycles. The number of nitrogens with one attached hydrogen (secondary N) is 1. The number of thioether (sulfide) groups is 1. The SMILES string of the molecule is CCCSc1ncc(Br)c(C(=O)NC(Cc2ccccc2)C(=O)OC)n1. The largest absolute Gasteiger partial charge is 0.467 e. The van der Waals surface area contributed by atoms with Crippen LogP contribution >= 0.6 is 27.7 Å². The Labute approximate surface area is 165 Å². The van der Waals surface area contributed by atoms with Gasteiger partial charge in [0.25, 0.3) is 5.91 Å². The van der Waals surface area contributed by atoms with Crippen molar-refractivity contribution in [3.63, 3.8) is 0 Å². The summed E-state index contributed by atoms with van der Waals surface area (Å²) in [4.78, 5) is 33.2. The smallest absolute Gasteiger partial charge is 0.328 e. The molecular weight excluding hydrogens is 418 g/mol. The predicted molar refractivity (Wildman–Crippen MR) is 104 cm³/mol. The first-order valence-electron chi connectivity index (χ1n) is 8.13. The number of carbonyl (C=O) groups is 2. The molecule has 1 N–H and O–H groups in total. The molecule has 0 saturated carbocycles. The Morgan fingerprint density at radius 2 is 2.04 bits per heavy atom. The molecule has 0 aliphatic rings. The van der Waals surface area contributed by atoms with Crippen molar-refractivity contribution in [1.82, 2.24) is 15.3 Å². The standard InChI is InChI=1S/C18H20BrN3O3S/c1-3-9-26-18-20-11-13(19)15(22-18)16(23)21-14(17(24)25-2)10-12-7-5-4-6-8-12/h4-8,11,14H,3,9-10H2,1-2H3,(H,21,23). The Bertz CT molecular complexity index is 759. The molecule has 1 unspecified atom stereocenters. The molecule has 1 aromatic heterocycles. The Hall–Kier alpha value is -1.93. The van der Waals surface area contributed by atoms with E-state index in [1.807, 2.05) is 30.3 Å². The van der Waals surface area contributed by atoms with Crippen LogP contribution in [0.25, 0.3) is 0 Å². The Morgan fingerprint density at radius 3 is 2.69 bits per heavy atom. The van der Waals surface area contributed by atoms with Crippen LogP contribution in [-0.4, -0.2) is 40.7 Å². The summed E-state index contributed by atoms with van der Waals surface area (Å²) in [6.45, 7) is 2.06.